The van der Waals surface area contributed by atoms with Crippen LogP contribution in [-0.4, -0.2) is 70.7 Å². The number of likely N-dealkylation sites (tertiary alicyclic amines) is 1. The Morgan fingerprint density at radius 2 is 1.90 bits per heavy atom. The van der Waals surface area contributed by atoms with E-state index in [0.717, 1.165) is 0 Å². The van der Waals surface area contributed by atoms with Crippen molar-refractivity contribution < 1.29 is 19.8 Å². The number of hydrogen-bond acceptors (Lipinski definition) is 4. The van der Waals surface area contributed by atoms with Crippen LogP contribution < -0.4 is 0 Å². The molecule has 6 heteroatoms. The molecule has 0 aromatic carbocycles. The second kappa shape index (κ2) is 8.21. The zero-order valence-corrected chi connectivity index (χ0v) is 12.4. The molecule has 0 atom stereocenters. The van der Waals surface area contributed by atoms with Gasteiger partial charge in [-0.2, -0.15) is 0 Å². The third-order valence-corrected chi connectivity index (χ3v) is 3.87. The lowest BCUT2D eigenvalue weighted by molar-refractivity contribution is -0.146. The molecule has 0 bridgehead atoms. The number of piperidine rings is 1. The molecule has 1 amide bonds. The molecule has 1 saturated heterocycles. The maximum atomic E-state index is 12.2. The van der Waals surface area contributed by atoms with Crippen molar-refractivity contribution in [1.82, 2.24) is 9.80 Å². The second-order valence-corrected chi connectivity index (χ2v) is 5.63. The van der Waals surface area contributed by atoms with Gasteiger partial charge in [-0.25, -0.2) is 0 Å². The largest absolute Gasteiger partial charge is 0.481 e. The molecule has 0 aromatic heterocycles. The van der Waals surface area contributed by atoms with Crippen LogP contribution in [0.2, 0.25) is 0 Å². The molecule has 20 heavy (non-hydrogen) atoms. The van der Waals surface area contributed by atoms with Gasteiger partial charge in [0.25, 0.3) is 0 Å². The van der Waals surface area contributed by atoms with Gasteiger partial charge in [0.05, 0.1) is 12.5 Å². The van der Waals surface area contributed by atoms with E-state index in [0.29, 0.717) is 45.4 Å². The summed E-state index contributed by atoms with van der Waals surface area (Å²) in [4.78, 5) is 26.9. The van der Waals surface area contributed by atoms with Crippen LogP contribution in [0, 0.1) is 5.92 Å². The van der Waals surface area contributed by atoms with Crippen LogP contribution in [0.4, 0.5) is 0 Å². The Kier molecular flexibility index (Phi) is 6.95. The minimum absolute atomic E-state index is 0.0560. The van der Waals surface area contributed by atoms with Crippen LogP contribution in [0.3, 0.4) is 0 Å². The second-order valence-electron chi connectivity index (χ2n) is 5.63. The van der Waals surface area contributed by atoms with Gasteiger partial charge in [-0.3, -0.25) is 14.5 Å². The first kappa shape index (κ1) is 16.9. The summed E-state index contributed by atoms with van der Waals surface area (Å²) in [5.41, 5.74) is 0. The minimum Gasteiger partial charge on any atom is -0.481 e. The van der Waals surface area contributed by atoms with Crippen LogP contribution in [0.1, 0.15) is 33.1 Å². The number of aliphatic hydroxyl groups excluding tert-OH is 1. The molecule has 0 saturated carbocycles. The Labute approximate surface area is 120 Å². The highest BCUT2D eigenvalue weighted by molar-refractivity contribution is 5.79. The van der Waals surface area contributed by atoms with Gasteiger partial charge >= 0.3 is 5.97 Å². The number of carboxylic acids is 1. The van der Waals surface area contributed by atoms with Crippen molar-refractivity contribution in [3.63, 3.8) is 0 Å². The Morgan fingerprint density at radius 1 is 1.30 bits per heavy atom. The van der Waals surface area contributed by atoms with Crippen molar-refractivity contribution in [2.24, 2.45) is 5.92 Å². The van der Waals surface area contributed by atoms with Crippen LogP contribution in [0.5, 0.6) is 0 Å². The van der Waals surface area contributed by atoms with Crippen molar-refractivity contribution in [3.8, 4) is 0 Å². The summed E-state index contributed by atoms with van der Waals surface area (Å²) in [5.74, 6) is -1.01. The lowest BCUT2D eigenvalue weighted by atomic mass is 9.97. The molecule has 0 aromatic rings. The fourth-order valence-electron chi connectivity index (χ4n) is 2.44. The molecule has 1 rings (SSSR count). The van der Waals surface area contributed by atoms with Crippen LogP contribution in [0.15, 0.2) is 0 Å². The first-order valence-corrected chi connectivity index (χ1v) is 7.31. The van der Waals surface area contributed by atoms with Crippen molar-refractivity contribution >= 4 is 11.9 Å². The lowest BCUT2D eigenvalue weighted by Crippen LogP contribution is -2.46. The Hall–Kier alpha value is -1.14. The van der Waals surface area contributed by atoms with E-state index in [9.17, 15) is 9.59 Å². The number of rotatable bonds is 7. The molecular weight excluding hydrogens is 260 g/mol. The Bertz CT molecular complexity index is 325. The van der Waals surface area contributed by atoms with E-state index in [1.807, 2.05) is 18.7 Å². The molecular formula is C14H26N2O4. The van der Waals surface area contributed by atoms with E-state index in [4.69, 9.17) is 10.2 Å². The molecule has 116 valence electrons. The van der Waals surface area contributed by atoms with Gasteiger partial charge < -0.3 is 15.1 Å². The van der Waals surface area contributed by atoms with Crippen molar-refractivity contribution in [3.05, 3.63) is 0 Å². The molecule has 0 radical (unpaired) electrons. The molecule has 2 N–H and O–H groups in total. The number of aliphatic hydroxyl groups is 1. The lowest BCUT2D eigenvalue weighted by Gasteiger charge is -2.33. The Morgan fingerprint density at radius 3 is 2.35 bits per heavy atom. The van der Waals surface area contributed by atoms with E-state index in [1.165, 1.54) is 0 Å². The third-order valence-electron chi connectivity index (χ3n) is 3.87. The van der Waals surface area contributed by atoms with E-state index >= 15 is 0 Å². The molecule has 1 heterocycles. The average Bonchev–Trinajstić information content (AvgIpc) is 2.42. The summed E-state index contributed by atoms with van der Waals surface area (Å²) in [7, 11) is 0. The maximum absolute atomic E-state index is 12.2. The molecule has 1 fully saturated rings. The third kappa shape index (κ3) is 5.09. The highest BCUT2D eigenvalue weighted by atomic mass is 16.4. The van der Waals surface area contributed by atoms with Gasteiger partial charge in [-0.05, 0) is 33.1 Å². The van der Waals surface area contributed by atoms with Crippen LogP contribution in [0.25, 0.3) is 0 Å². The first-order valence-electron chi connectivity index (χ1n) is 7.31. The zero-order valence-electron chi connectivity index (χ0n) is 12.4. The Balaban J connectivity index is 2.43. The number of carbonyl (C=O) groups is 2. The molecule has 0 aliphatic carbocycles. The quantitative estimate of drug-likeness (QED) is 0.708. The number of nitrogens with zero attached hydrogens (tertiary/aromatic N) is 2. The van der Waals surface area contributed by atoms with Crippen LogP contribution in [-0.2, 0) is 9.59 Å². The standard InChI is InChI=1S/C14H26N2O4/c1-11(2)16(6-3-9-17)10-13(18)15-7-4-12(5-8-15)14(19)20/h11-12,17H,3-10H2,1-2H3,(H,19,20). The number of hydrogen-bond donors (Lipinski definition) is 2. The number of amides is 1. The highest BCUT2D eigenvalue weighted by Gasteiger charge is 2.27. The van der Waals surface area contributed by atoms with Gasteiger partial charge in [0.2, 0.25) is 5.91 Å². The summed E-state index contributed by atoms with van der Waals surface area (Å²) < 4.78 is 0. The average molecular weight is 286 g/mol. The fourth-order valence-corrected chi connectivity index (χ4v) is 2.44. The SMILES string of the molecule is CC(C)N(CCCO)CC(=O)N1CCC(C(=O)O)CC1. The number of aliphatic carboxylic acids is 1. The summed E-state index contributed by atoms with van der Waals surface area (Å²) in [6.45, 7) is 6.29. The summed E-state index contributed by atoms with van der Waals surface area (Å²) >= 11 is 0. The van der Waals surface area contributed by atoms with Crippen molar-refractivity contribution in [2.75, 3.05) is 32.8 Å². The topological polar surface area (TPSA) is 81.1 Å². The summed E-state index contributed by atoms with van der Waals surface area (Å²) in [6.07, 6.45) is 1.74. The predicted molar refractivity (Wildman–Crippen MR) is 75.4 cm³/mol. The van der Waals surface area contributed by atoms with Gasteiger partial charge in [0, 0.05) is 32.3 Å². The zero-order chi connectivity index (χ0) is 15.1. The number of carbonyl (C=O) groups excluding carboxylic acids is 1. The normalized spacial score (nSPS) is 16.9. The smallest absolute Gasteiger partial charge is 0.306 e. The first-order chi connectivity index (χ1) is 9.45. The maximum Gasteiger partial charge on any atom is 0.306 e. The summed E-state index contributed by atoms with van der Waals surface area (Å²) in [5, 5.41) is 17.8. The van der Waals surface area contributed by atoms with Gasteiger partial charge in [0.15, 0.2) is 0 Å². The van der Waals surface area contributed by atoms with E-state index in [-0.39, 0.29) is 24.5 Å². The van der Waals surface area contributed by atoms with E-state index in [2.05, 4.69) is 0 Å². The minimum atomic E-state index is -0.760. The van der Waals surface area contributed by atoms with Gasteiger partial charge in [0.1, 0.15) is 0 Å². The van der Waals surface area contributed by atoms with Crippen molar-refractivity contribution in [1.29, 1.82) is 0 Å². The monoisotopic (exact) mass is 286 g/mol. The molecule has 0 unspecified atom stereocenters. The van der Waals surface area contributed by atoms with E-state index < -0.39 is 5.97 Å². The fraction of sp³-hybridized carbons (Fsp3) is 0.857. The summed E-state index contributed by atoms with van der Waals surface area (Å²) in [6, 6.07) is 0.252. The number of carboxylic acid groups (broad SMARTS) is 1. The van der Waals surface area contributed by atoms with Gasteiger partial charge in [-0.15, -0.1) is 0 Å². The van der Waals surface area contributed by atoms with Crippen LogP contribution >= 0.6 is 0 Å². The van der Waals surface area contributed by atoms with E-state index in [1.54, 1.807) is 4.90 Å². The molecule has 0 spiro atoms. The molecule has 6 nitrogen and oxygen atoms in total. The van der Waals surface area contributed by atoms with Gasteiger partial charge in [-0.1, -0.05) is 0 Å². The predicted octanol–water partition coefficient (Wildman–Crippen LogP) is 0.402. The highest BCUT2D eigenvalue weighted by Crippen LogP contribution is 2.17. The molecule has 1 aliphatic rings. The molecule has 1 aliphatic heterocycles. The van der Waals surface area contributed by atoms with Crippen molar-refractivity contribution in [2.45, 2.75) is 39.2 Å².